The van der Waals surface area contributed by atoms with Crippen molar-refractivity contribution in [1.82, 2.24) is 14.8 Å². The van der Waals surface area contributed by atoms with Gasteiger partial charge in [0.1, 0.15) is 5.82 Å². The van der Waals surface area contributed by atoms with Crippen molar-refractivity contribution >= 4 is 22.8 Å². The van der Waals surface area contributed by atoms with Crippen molar-refractivity contribution in [1.29, 1.82) is 0 Å². The minimum Gasteiger partial charge on any atom is -0.394 e. The molecule has 0 aliphatic rings. The second-order valence-electron chi connectivity index (χ2n) is 4.25. The Balaban J connectivity index is 1.96. The number of nitrogens with zero attached hydrogens (tertiary/aromatic N) is 3. The molecule has 2 rings (SSSR count). The quantitative estimate of drug-likeness (QED) is 0.867. The summed E-state index contributed by atoms with van der Waals surface area (Å²) in [7, 11) is 1.91. The zero-order chi connectivity index (χ0) is 13.1. The highest BCUT2D eigenvalue weighted by atomic mass is 32.1. The van der Waals surface area contributed by atoms with Crippen LogP contribution in [0.1, 0.15) is 23.3 Å². The molecule has 2 heterocycles. The normalized spacial score (nSPS) is 10.8. The molecule has 0 unspecified atom stereocenters. The Kier molecular flexibility index (Phi) is 3.86. The zero-order valence-corrected chi connectivity index (χ0v) is 11.8. The van der Waals surface area contributed by atoms with E-state index in [1.165, 1.54) is 0 Å². The lowest BCUT2D eigenvalue weighted by Gasteiger charge is -2.06. The zero-order valence-electron chi connectivity index (χ0n) is 11.0. The second-order valence-corrected chi connectivity index (χ2v) is 5.19. The van der Waals surface area contributed by atoms with E-state index in [-0.39, 0.29) is 0 Å². The fourth-order valence-corrected chi connectivity index (χ4v) is 2.65. The molecule has 0 radical (unpaired) electrons. The Morgan fingerprint density at radius 1 is 1.50 bits per heavy atom. The van der Waals surface area contributed by atoms with E-state index in [0.29, 0.717) is 0 Å². The van der Waals surface area contributed by atoms with Crippen molar-refractivity contribution in [2.75, 3.05) is 17.6 Å². The smallest absolute Gasteiger partial charge is 0.147 e. The maximum atomic E-state index is 6.04. The largest absolute Gasteiger partial charge is 0.394 e. The summed E-state index contributed by atoms with van der Waals surface area (Å²) in [5, 5.41) is 10.9. The van der Waals surface area contributed by atoms with Crippen LogP contribution in [0.15, 0.2) is 5.38 Å². The van der Waals surface area contributed by atoms with Gasteiger partial charge in [-0.1, -0.05) is 6.92 Å². The molecule has 2 aromatic rings. The lowest BCUT2D eigenvalue weighted by Crippen LogP contribution is -2.09. The third kappa shape index (κ3) is 2.64. The van der Waals surface area contributed by atoms with Gasteiger partial charge >= 0.3 is 0 Å². The standard InChI is InChI=1S/C12H19N5S/c1-4-9-11(13)12(17(3)16-9)14-6-5-10-15-8(2)7-18-10/h7,14H,4-6,13H2,1-3H3. The Morgan fingerprint density at radius 3 is 2.83 bits per heavy atom. The minimum atomic E-state index is 0.760. The first-order valence-corrected chi connectivity index (χ1v) is 6.96. The van der Waals surface area contributed by atoms with Crippen LogP contribution < -0.4 is 11.1 Å². The van der Waals surface area contributed by atoms with E-state index in [4.69, 9.17) is 5.73 Å². The van der Waals surface area contributed by atoms with Gasteiger partial charge in [0.25, 0.3) is 0 Å². The maximum absolute atomic E-state index is 6.04. The molecule has 0 aliphatic heterocycles. The van der Waals surface area contributed by atoms with Crippen LogP contribution in [0.3, 0.4) is 0 Å². The third-order valence-corrected chi connectivity index (χ3v) is 3.82. The summed E-state index contributed by atoms with van der Waals surface area (Å²) in [5.74, 6) is 0.903. The van der Waals surface area contributed by atoms with Crippen molar-refractivity contribution in [2.24, 2.45) is 7.05 Å². The van der Waals surface area contributed by atoms with E-state index in [1.807, 2.05) is 14.0 Å². The summed E-state index contributed by atoms with van der Waals surface area (Å²) in [5.41, 5.74) is 8.83. The average molecular weight is 265 g/mol. The van der Waals surface area contributed by atoms with Gasteiger partial charge in [-0.15, -0.1) is 11.3 Å². The molecule has 0 aliphatic carbocycles. The van der Waals surface area contributed by atoms with Gasteiger partial charge in [-0.05, 0) is 13.3 Å². The second kappa shape index (κ2) is 5.39. The number of thiazole rings is 1. The number of aryl methyl sites for hydroxylation is 3. The van der Waals surface area contributed by atoms with Crippen molar-refractivity contribution in [3.05, 3.63) is 21.8 Å². The van der Waals surface area contributed by atoms with E-state index in [0.717, 1.165) is 47.3 Å². The monoisotopic (exact) mass is 265 g/mol. The molecule has 0 bridgehead atoms. The molecule has 0 atom stereocenters. The van der Waals surface area contributed by atoms with Gasteiger partial charge < -0.3 is 11.1 Å². The molecule has 6 heteroatoms. The van der Waals surface area contributed by atoms with Crippen LogP contribution in [-0.2, 0) is 19.9 Å². The van der Waals surface area contributed by atoms with Crippen molar-refractivity contribution in [2.45, 2.75) is 26.7 Å². The number of nitrogens with one attached hydrogen (secondary N) is 1. The number of aromatic nitrogens is 3. The minimum absolute atomic E-state index is 0.760. The van der Waals surface area contributed by atoms with Gasteiger partial charge in [-0.2, -0.15) is 5.10 Å². The summed E-state index contributed by atoms with van der Waals surface area (Å²) < 4.78 is 1.81. The molecule has 18 heavy (non-hydrogen) atoms. The molecule has 5 nitrogen and oxygen atoms in total. The van der Waals surface area contributed by atoms with Gasteiger partial charge in [0.2, 0.25) is 0 Å². The first kappa shape index (κ1) is 12.9. The van der Waals surface area contributed by atoms with E-state index in [9.17, 15) is 0 Å². The highest BCUT2D eigenvalue weighted by molar-refractivity contribution is 7.09. The van der Waals surface area contributed by atoms with Crippen molar-refractivity contribution in [3.8, 4) is 0 Å². The molecule has 3 N–H and O–H groups in total. The number of rotatable bonds is 5. The lowest BCUT2D eigenvalue weighted by molar-refractivity contribution is 0.747. The fourth-order valence-electron chi connectivity index (χ4n) is 1.87. The van der Waals surface area contributed by atoms with Crippen molar-refractivity contribution in [3.63, 3.8) is 0 Å². The number of nitrogen functional groups attached to an aromatic ring is 1. The van der Waals surface area contributed by atoms with Crippen molar-refractivity contribution < 1.29 is 0 Å². The third-order valence-electron chi connectivity index (χ3n) is 2.79. The first-order valence-electron chi connectivity index (χ1n) is 6.08. The molecule has 0 aromatic carbocycles. The Labute approximate surface area is 111 Å². The van der Waals surface area contributed by atoms with Gasteiger partial charge in [-0.25, -0.2) is 4.98 Å². The van der Waals surface area contributed by atoms with Crippen LogP contribution in [-0.4, -0.2) is 21.3 Å². The molecule has 0 amide bonds. The number of hydrogen-bond acceptors (Lipinski definition) is 5. The van der Waals surface area contributed by atoms with Crippen LogP contribution in [0.2, 0.25) is 0 Å². The summed E-state index contributed by atoms with van der Waals surface area (Å²) in [6, 6.07) is 0. The first-order chi connectivity index (χ1) is 8.61. The summed E-state index contributed by atoms with van der Waals surface area (Å²) >= 11 is 1.70. The molecule has 0 saturated heterocycles. The topological polar surface area (TPSA) is 68.8 Å². The fraction of sp³-hybridized carbons (Fsp3) is 0.500. The summed E-state index contributed by atoms with van der Waals surface area (Å²) in [4.78, 5) is 4.43. The molecular formula is C12H19N5S. The molecular weight excluding hydrogens is 246 g/mol. The van der Waals surface area contributed by atoms with Gasteiger partial charge in [0.15, 0.2) is 0 Å². The van der Waals surface area contributed by atoms with Gasteiger partial charge in [0, 0.05) is 31.1 Å². The maximum Gasteiger partial charge on any atom is 0.147 e. The van der Waals surface area contributed by atoms with Crippen LogP contribution in [0.4, 0.5) is 11.5 Å². The molecule has 0 spiro atoms. The van der Waals surface area contributed by atoms with Crippen LogP contribution in [0.25, 0.3) is 0 Å². The van der Waals surface area contributed by atoms with E-state index < -0.39 is 0 Å². The molecule has 98 valence electrons. The lowest BCUT2D eigenvalue weighted by atomic mass is 10.3. The molecule has 0 saturated carbocycles. The highest BCUT2D eigenvalue weighted by Crippen LogP contribution is 2.22. The van der Waals surface area contributed by atoms with E-state index >= 15 is 0 Å². The Morgan fingerprint density at radius 2 is 2.28 bits per heavy atom. The van der Waals surface area contributed by atoms with E-state index in [1.54, 1.807) is 16.0 Å². The Bertz CT molecular complexity index is 529. The van der Waals surface area contributed by atoms with Crippen LogP contribution in [0, 0.1) is 6.92 Å². The van der Waals surface area contributed by atoms with Crippen LogP contribution in [0.5, 0.6) is 0 Å². The van der Waals surface area contributed by atoms with Gasteiger partial charge in [-0.3, -0.25) is 4.68 Å². The van der Waals surface area contributed by atoms with Crippen LogP contribution >= 0.6 is 11.3 Å². The highest BCUT2D eigenvalue weighted by Gasteiger charge is 2.11. The molecule has 2 aromatic heterocycles. The van der Waals surface area contributed by atoms with E-state index in [2.05, 4.69) is 27.7 Å². The average Bonchev–Trinajstić information content (AvgIpc) is 2.86. The number of nitrogens with two attached hydrogens (primary N) is 1. The van der Waals surface area contributed by atoms with Gasteiger partial charge in [0.05, 0.1) is 16.4 Å². The summed E-state index contributed by atoms with van der Waals surface area (Å²) in [6.07, 6.45) is 1.76. The predicted octanol–water partition coefficient (Wildman–Crippen LogP) is 1.98. The SMILES string of the molecule is CCc1nn(C)c(NCCc2nc(C)cs2)c1N. The molecule has 0 fully saturated rings. The Hall–Kier alpha value is -1.56. The summed E-state index contributed by atoms with van der Waals surface area (Å²) in [6.45, 7) is 4.89. The number of hydrogen-bond donors (Lipinski definition) is 2. The predicted molar refractivity (Wildman–Crippen MR) is 76.0 cm³/mol. The number of anilines is 2.